The van der Waals surface area contributed by atoms with Gasteiger partial charge in [-0.25, -0.2) is 0 Å². The van der Waals surface area contributed by atoms with Gasteiger partial charge < -0.3 is 14.9 Å². The maximum absolute atomic E-state index is 11.7. The molecule has 206 valence electrons. The van der Waals surface area contributed by atoms with Crippen molar-refractivity contribution in [2.45, 2.75) is 144 Å². The minimum Gasteiger partial charge on any atom is -0.460 e. The number of carbonyl (C=O) groups excluding carboxylic acids is 1. The van der Waals surface area contributed by atoms with Crippen LogP contribution in [0.5, 0.6) is 0 Å². The molecule has 5 aliphatic carbocycles. The summed E-state index contributed by atoms with van der Waals surface area (Å²) < 4.78 is 5.54. The van der Waals surface area contributed by atoms with Crippen molar-refractivity contribution in [3.8, 4) is 0 Å². The van der Waals surface area contributed by atoms with Gasteiger partial charge in [-0.1, -0.05) is 34.6 Å². The number of aliphatic hydroxyl groups is 2. The average Bonchev–Trinajstić information content (AvgIpc) is 3.35. The van der Waals surface area contributed by atoms with Crippen LogP contribution in [0.2, 0.25) is 0 Å². The Hall–Kier alpha value is -0.610. The lowest BCUT2D eigenvalue weighted by Crippen LogP contribution is -2.57. The van der Waals surface area contributed by atoms with Crippen molar-refractivity contribution in [3.05, 3.63) is 0 Å². The first-order chi connectivity index (χ1) is 16.6. The topological polar surface area (TPSA) is 66.8 Å². The third-order valence-electron chi connectivity index (χ3n) is 13.8. The van der Waals surface area contributed by atoms with E-state index in [-0.39, 0.29) is 17.5 Å². The Morgan fingerprint density at radius 3 is 2.19 bits per heavy atom. The van der Waals surface area contributed by atoms with Gasteiger partial charge in [0.2, 0.25) is 0 Å². The Bertz CT molecular complexity index is 889. The van der Waals surface area contributed by atoms with Crippen LogP contribution < -0.4 is 0 Å². The van der Waals surface area contributed by atoms with Crippen molar-refractivity contribution < 1.29 is 19.7 Å². The molecular weight excluding hydrogens is 448 g/mol. The van der Waals surface area contributed by atoms with Gasteiger partial charge in [-0.05, 0) is 135 Å². The zero-order valence-electron chi connectivity index (χ0n) is 24.5. The zero-order chi connectivity index (χ0) is 26.5. The lowest BCUT2D eigenvalue weighted by molar-refractivity contribution is -0.164. The number of carbonyl (C=O) groups is 1. The molecule has 0 aromatic heterocycles. The number of hydrogen-bond acceptors (Lipinski definition) is 4. The molecule has 2 N–H and O–H groups in total. The van der Waals surface area contributed by atoms with Crippen LogP contribution >= 0.6 is 0 Å². The molecule has 0 unspecified atom stereocenters. The smallest absolute Gasteiger partial charge is 0.303 e. The summed E-state index contributed by atoms with van der Waals surface area (Å²) in [6.45, 7) is 17.4. The van der Waals surface area contributed by atoms with Gasteiger partial charge in [0.05, 0.1) is 11.7 Å². The first-order valence-electron chi connectivity index (χ1n) is 15.1. The second-order valence-corrected chi connectivity index (χ2v) is 15.8. The van der Waals surface area contributed by atoms with E-state index in [1.165, 1.54) is 58.3 Å². The summed E-state index contributed by atoms with van der Waals surface area (Å²) in [5.41, 5.74) is 0.813. The van der Waals surface area contributed by atoms with E-state index in [1.807, 2.05) is 0 Å². The van der Waals surface area contributed by atoms with Gasteiger partial charge in [0.15, 0.2) is 0 Å². The predicted octanol–water partition coefficient (Wildman–Crippen LogP) is 6.91. The molecule has 4 nitrogen and oxygen atoms in total. The summed E-state index contributed by atoms with van der Waals surface area (Å²) in [5, 5.41) is 21.5. The SMILES string of the molecule is CC(=O)O[C@H](CC[C@@H](C)[C@H]1CC[C@@]2(C)[C@H]3CC[C@@H]4C(C)(C)[C@@H](O)CC[C@@]45C[C@@]35CC[C@]12C)C(C)(C)O. The minimum atomic E-state index is -1.02. The van der Waals surface area contributed by atoms with Gasteiger partial charge in [-0.15, -0.1) is 0 Å². The molecule has 0 radical (unpaired) electrons. The lowest BCUT2D eigenvalue weighted by Gasteiger charge is -2.63. The highest BCUT2D eigenvalue weighted by Gasteiger charge is 2.82. The van der Waals surface area contributed by atoms with Crippen molar-refractivity contribution >= 4 is 5.97 Å². The lowest BCUT2D eigenvalue weighted by atomic mass is 9.41. The molecule has 5 aliphatic rings. The number of aliphatic hydroxyl groups excluding tert-OH is 1. The first kappa shape index (κ1) is 27.0. The van der Waals surface area contributed by atoms with E-state index in [9.17, 15) is 15.0 Å². The summed E-state index contributed by atoms with van der Waals surface area (Å²) in [7, 11) is 0. The van der Waals surface area contributed by atoms with Crippen molar-refractivity contribution in [2.24, 2.45) is 50.7 Å². The van der Waals surface area contributed by atoms with Gasteiger partial charge in [-0.3, -0.25) is 4.79 Å². The fourth-order valence-electron chi connectivity index (χ4n) is 11.7. The number of fused-ring (bicyclic) bond motifs is 2. The van der Waals surface area contributed by atoms with Gasteiger partial charge in [0.25, 0.3) is 0 Å². The van der Waals surface area contributed by atoms with E-state index >= 15 is 0 Å². The molecule has 5 saturated carbocycles. The van der Waals surface area contributed by atoms with Gasteiger partial charge in [0, 0.05) is 6.92 Å². The molecule has 2 spiro atoms. The first-order valence-corrected chi connectivity index (χ1v) is 15.1. The van der Waals surface area contributed by atoms with E-state index in [4.69, 9.17) is 4.74 Å². The second-order valence-electron chi connectivity index (χ2n) is 15.8. The average molecular weight is 503 g/mol. The maximum atomic E-state index is 11.7. The number of rotatable bonds is 6. The van der Waals surface area contributed by atoms with Crippen LogP contribution in [0.3, 0.4) is 0 Å². The maximum Gasteiger partial charge on any atom is 0.303 e. The molecule has 36 heavy (non-hydrogen) atoms. The van der Waals surface area contributed by atoms with Crippen LogP contribution in [0.1, 0.15) is 126 Å². The quantitative estimate of drug-likeness (QED) is 0.388. The highest BCUT2D eigenvalue weighted by atomic mass is 16.6. The van der Waals surface area contributed by atoms with Crippen molar-refractivity contribution in [1.82, 2.24) is 0 Å². The normalized spacial score (nSPS) is 48.6. The van der Waals surface area contributed by atoms with Crippen LogP contribution in [-0.4, -0.2) is 34.0 Å². The summed E-state index contributed by atoms with van der Waals surface area (Å²) in [4.78, 5) is 11.7. The van der Waals surface area contributed by atoms with E-state index in [0.717, 1.165) is 25.2 Å². The summed E-state index contributed by atoms with van der Waals surface area (Å²) >= 11 is 0. The Morgan fingerprint density at radius 1 is 0.917 bits per heavy atom. The Labute approximate surface area is 220 Å². The van der Waals surface area contributed by atoms with E-state index < -0.39 is 11.7 Å². The molecule has 0 saturated heterocycles. The highest BCUT2D eigenvalue weighted by Crippen LogP contribution is 2.89. The largest absolute Gasteiger partial charge is 0.460 e. The molecule has 4 heteroatoms. The number of hydrogen-bond donors (Lipinski definition) is 2. The van der Waals surface area contributed by atoms with Gasteiger partial charge >= 0.3 is 5.97 Å². The molecule has 10 atom stereocenters. The molecule has 0 aliphatic heterocycles. The van der Waals surface area contributed by atoms with Crippen LogP contribution in [0.25, 0.3) is 0 Å². The highest BCUT2D eigenvalue weighted by molar-refractivity contribution is 5.66. The van der Waals surface area contributed by atoms with Crippen molar-refractivity contribution in [1.29, 1.82) is 0 Å². The molecule has 0 bridgehead atoms. The Balaban J connectivity index is 1.34. The fourth-order valence-corrected chi connectivity index (χ4v) is 11.7. The monoisotopic (exact) mass is 502 g/mol. The number of esters is 1. The minimum absolute atomic E-state index is 0.0556. The molecule has 5 rings (SSSR count). The van der Waals surface area contributed by atoms with Crippen LogP contribution in [-0.2, 0) is 9.53 Å². The molecule has 0 heterocycles. The Kier molecular flexibility index (Phi) is 6.14. The molecule has 5 fully saturated rings. The van der Waals surface area contributed by atoms with E-state index in [2.05, 4.69) is 34.6 Å². The standard InChI is InChI=1S/C32H54O4/c1-20(9-12-26(28(5,6)35)36-21(2)33)22-13-15-30(8)24-11-10-23-27(3,4)25(34)14-16-31(23)19-32(24,31)18-17-29(22,30)7/h20,22-26,34-35H,9-19H2,1-8H3/t20-,22-,23-,24-,25+,26-,29-,30+,31-,32+/m1/s1. The van der Waals surface area contributed by atoms with Gasteiger partial charge in [-0.2, -0.15) is 0 Å². The van der Waals surface area contributed by atoms with E-state index in [1.54, 1.807) is 13.8 Å². The Morgan fingerprint density at radius 2 is 1.56 bits per heavy atom. The predicted molar refractivity (Wildman–Crippen MR) is 143 cm³/mol. The third-order valence-corrected chi connectivity index (χ3v) is 13.8. The zero-order valence-corrected chi connectivity index (χ0v) is 24.5. The summed E-state index contributed by atoms with van der Waals surface area (Å²) in [6, 6.07) is 0. The van der Waals surface area contributed by atoms with Crippen LogP contribution in [0.4, 0.5) is 0 Å². The molecule has 0 aromatic carbocycles. The van der Waals surface area contributed by atoms with Crippen LogP contribution in [0, 0.1) is 50.7 Å². The summed E-state index contributed by atoms with van der Waals surface area (Å²) in [6.07, 6.45) is 12.8. The summed E-state index contributed by atoms with van der Waals surface area (Å²) in [5.74, 6) is 2.46. The molecule has 0 amide bonds. The second kappa shape index (κ2) is 8.20. The van der Waals surface area contributed by atoms with Crippen molar-refractivity contribution in [3.63, 3.8) is 0 Å². The number of ether oxygens (including phenoxy) is 1. The molecule has 0 aromatic rings. The van der Waals surface area contributed by atoms with Crippen molar-refractivity contribution in [2.75, 3.05) is 0 Å². The fraction of sp³-hybridized carbons (Fsp3) is 0.969. The van der Waals surface area contributed by atoms with E-state index in [0.29, 0.717) is 39.4 Å². The van der Waals surface area contributed by atoms with Crippen LogP contribution in [0.15, 0.2) is 0 Å². The molecular formula is C32H54O4. The third kappa shape index (κ3) is 3.48. The van der Waals surface area contributed by atoms with Gasteiger partial charge in [0.1, 0.15) is 6.10 Å².